The predicted molar refractivity (Wildman–Crippen MR) is 111 cm³/mol. The number of fused-ring (bicyclic) bond motifs is 2. The fourth-order valence-corrected chi connectivity index (χ4v) is 4.59. The topological polar surface area (TPSA) is 56.0 Å². The maximum absolute atomic E-state index is 4.73. The minimum Gasteiger partial charge on any atom is -0.245 e. The second kappa shape index (κ2) is 7.09. The third kappa shape index (κ3) is 3.31. The van der Waals surface area contributed by atoms with Gasteiger partial charge in [0.2, 0.25) is 4.96 Å². The lowest BCUT2D eigenvalue weighted by Crippen LogP contribution is -1.95. The van der Waals surface area contributed by atoms with Gasteiger partial charge in [-0.25, -0.2) is 4.98 Å². The summed E-state index contributed by atoms with van der Waals surface area (Å²) in [6, 6.07) is 22.6. The average Bonchev–Trinajstić information content (AvgIpc) is 3.30. The van der Waals surface area contributed by atoms with E-state index in [2.05, 4.69) is 46.6 Å². The summed E-state index contributed by atoms with van der Waals surface area (Å²) in [5.74, 6) is 2.58. The zero-order chi connectivity index (χ0) is 18.1. The summed E-state index contributed by atoms with van der Waals surface area (Å²) >= 11 is 3.33. The number of hydrogen-bond donors (Lipinski definition) is 0. The first-order valence-electron chi connectivity index (χ1n) is 8.56. The van der Waals surface area contributed by atoms with Crippen molar-refractivity contribution in [1.29, 1.82) is 0 Å². The molecule has 5 nitrogen and oxygen atoms in total. The van der Waals surface area contributed by atoms with Gasteiger partial charge in [0, 0.05) is 11.1 Å². The monoisotopic (exact) mass is 389 g/mol. The van der Waals surface area contributed by atoms with E-state index in [1.165, 1.54) is 16.9 Å². The molecule has 0 aliphatic heterocycles. The lowest BCUT2D eigenvalue weighted by molar-refractivity contribution is 0.886. The molecule has 0 bridgehead atoms. The number of thioether (sulfide) groups is 1. The van der Waals surface area contributed by atoms with Crippen LogP contribution >= 0.6 is 23.1 Å². The Kier molecular flexibility index (Phi) is 4.31. The molecule has 3 aromatic heterocycles. The van der Waals surface area contributed by atoms with Crippen molar-refractivity contribution in [3.63, 3.8) is 0 Å². The summed E-state index contributed by atoms with van der Waals surface area (Å²) in [4.78, 5) is 5.53. The lowest BCUT2D eigenvalue weighted by atomic mass is 10.2. The highest BCUT2D eigenvalue weighted by Gasteiger charge is 2.14. The summed E-state index contributed by atoms with van der Waals surface area (Å²) in [6.07, 6.45) is 0. The van der Waals surface area contributed by atoms with Gasteiger partial charge in [-0.3, -0.25) is 0 Å². The lowest BCUT2D eigenvalue weighted by Gasteiger charge is -2.00. The van der Waals surface area contributed by atoms with Gasteiger partial charge < -0.3 is 0 Å². The molecule has 0 saturated heterocycles. The van der Waals surface area contributed by atoms with Crippen LogP contribution in [-0.4, -0.2) is 24.8 Å². The summed E-state index contributed by atoms with van der Waals surface area (Å²) in [6.45, 7) is 0. The van der Waals surface area contributed by atoms with Gasteiger partial charge in [0.1, 0.15) is 5.69 Å². The number of para-hydroxylation sites is 1. The van der Waals surface area contributed by atoms with Crippen LogP contribution < -0.4 is 0 Å². The maximum atomic E-state index is 4.73. The van der Waals surface area contributed by atoms with Gasteiger partial charge in [-0.05, 0) is 17.7 Å². The normalized spacial score (nSPS) is 11.4. The van der Waals surface area contributed by atoms with Crippen molar-refractivity contribution in [1.82, 2.24) is 24.8 Å². The van der Waals surface area contributed by atoms with Gasteiger partial charge in [-0.15, -0.1) is 22.0 Å². The van der Waals surface area contributed by atoms with Crippen LogP contribution in [0.25, 0.3) is 26.6 Å². The molecule has 0 atom stereocenters. The van der Waals surface area contributed by atoms with Crippen molar-refractivity contribution in [3.05, 3.63) is 78.1 Å². The summed E-state index contributed by atoms with van der Waals surface area (Å²) in [5.41, 5.74) is 3.15. The molecule has 5 aromatic rings. The number of rotatable bonds is 5. The van der Waals surface area contributed by atoms with E-state index in [9.17, 15) is 0 Å². The highest BCUT2D eigenvalue weighted by Crippen LogP contribution is 2.27. The fraction of sp³-hybridized carbons (Fsp3) is 0.100. The van der Waals surface area contributed by atoms with E-state index in [0.717, 1.165) is 43.9 Å². The molecular formula is C20H15N5S2. The highest BCUT2D eigenvalue weighted by molar-refractivity contribution is 7.97. The first-order chi connectivity index (χ1) is 13.4. The molecule has 2 aromatic carbocycles. The number of nitrogens with zero attached hydrogens (tertiary/aromatic N) is 5. The van der Waals surface area contributed by atoms with Gasteiger partial charge in [-0.1, -0.05) is 65.9 Å². The summed E-state index contributed by atoms with van der Waals surface area (Å²) in [7, 11) is 0. The van der Waals surface area contributed by atoms with Crippen molar-refractivity contribution in [2.24, 2.45) is 0 Å². The minimum absolute atomic E-state index is 0.768. The Labute approximate surface area is 164 Å². The molecule has 3 heterocycles. The van der Waals surface area contributed by atoms with Gasteiger partial charge >= 0.3 is 0 Å². The Morgan fingerprint density at radius 3 is 2.63 bits per heavy atom. The van der Waals surface area contributed by atoms with Gasteiger partial charge in [0.15, 0.2) is 10.8 Å². The molecule has 0 saturated carbocycles. The largest absolute Gasteiger partial charge is 0.245 e. The van der Waals surface area contributed by atoms with E-state index < -0.39 is 0 Å². The minimum atomic E-state index is 0.768. The van der Waals surface area contributed by atoms with E-state index in [4.69, 9.17) is 10.1 Å². The number of hydrogen-bond acceptors (Lipinski definition) is 6. The number of aromatic nitrogens is 5. The molecule has 0 amide bonds. The van der Waals surface area contributed by atoms with Crippen molar-refractivity contribution in [2.45, 2.75) is 11.5 Å². The number of pyridine rings is 1. The Morgan fingerprint density at radius 2 is 1.70 bits per heavy atom. The van der Waals surface area contributed by atoms with Crippen molar-refractivity contribution in [2.75, 3.05) is 0 Å². The van der Waals surface area contributed by atoms with Gasteiger partial charge in [-0.2, -0.15) is 9.61 Å². The van der Waals surface area contributed by atoms with Crippen LogP contribution in [0.15, 0.2) is 66.7 Å². The molecule has 0 spiro atoms. The van der Waals surface area contributed by atoms with E-state index in [-0.39, 0.29) is 0 Å². The quantitative estimate of drug-likeness (QED) is 0.431. The van der Waals surface area contributed by atoms with Crippen LogP contribution in [0.5, 0.6) is 0 Å². The van der Waals surface area contributed by atoms with Gasteiger partial charge in [0.05, 0.1) is 11.3 Å². The first kappa shape index (κ1) is 16.4. The van der Waals surface area contributed by atoms with Crippen LogP contribution in [-0.2, 0) is 11.5 Å². The Hall–Kier alpha value is -2.77. The van der Waals surface area contributed by atoms with E-state index in [1.54, 1.807) is 0 Å². The summed E-state index contributed by atoms with van der Waals surface area (Å²) < 4.78 is 1.84. The molecule has 132 valence electrons. The maximum Gasteiger partial charge on any atom is 0.235 e. The zero-order valence-electron chi connectivity index (χ0n) is 14.3. The molecule has 0 radical (unpaired) electrons. The zero-order valence-corrected chi connectivity index (χ0v) is 16.0. The van der Waals surface area contributed by atoms with Crippen LogP contribution in [0.3, 0.4) is 0 Å². The molecule has 0 unspecified atom stereocenters. The second-order valence-corrected chi connectivity index (χ2v) is 8.03. The molecule has 7 heteroatoms. The van der Waals surface area contributed by atoms with Crippen LogP contribution in [0.1, 0.15) is 11.4 Å². The van der Waals surface area contributed by atoms with E-state index in [0.29, 0.717) is 0 Å². The smallest absolute Gasteiger partial charge is 0.235 e. The van der Waals surface area contributed by atoms with Crippen molar-refractivity contribution in [3.8, 4) is 10.7 Å². The van der Waals surface area contributed by atoms with Crippen LogP contribution in [0.2, 0.25) is 0 Å². The third-order valence-electron chi connectivity index (χ3n) is 4.22. The SMILES string of the molecule is c1ccc(CSCc2nnc3sc(-c4ccc5ccccc5n4)nn23)cc1. The fourth-order valence-electron chi connectivity index (χ4n) is 2.87. The van der Waals surface area contributed by atoms with E-state index >= 15 is 0 Å². The average molecular weight is 390 g/mol. The molecule has 5 rings (SSSR count). The van der Waals surface area contributed by atoms with Crippen LogP contribution in [0, 0.1) is 0 Å². The molecule has 0 N–H and O–H groups in total. The molecular weight excluding hydrogens is 374 g/mol. The van der Waals surface area contributed by atoms with Crippen molar-refractivity contribution < 1.29 is 0 Å². The molecule has 0 fully saturated rings. The summed E-state index contributed by atoms with van der Waals surface area (Å²) in [5, 5.41) is 15.3. The van der Waals surface area contributed by atoms with Crippen molar-refractivity contribution >= 4 is 39.0 Å². The third-order valence-corrected chi connectivity index (χ3v) is 6.14. The molecule has 27 heavy (non-hydrogen) atoms. The Morgan fingerprint density at radius 1 is 0.852 bits per heavy atom. The first-order valence-corrected chi connectivity index (χ1v) is 10.5. The van der Waals surface area contributed by atoms with E-state index in [1.807, 2.05) is 46.6 Å². The number of benzene rings is 2. The van der Waals surface area contributed by atoms with Crippen LogP contribution in [0.4, 0.5) is 0 Å². The predicted octanol–water partition coefficient (Wildman–Crippen LogP) is 4.83. The molecule has 0 aliphatic rings. The highest BCUT2D eigenvalue weighted by atomic mass is 32.2. The Balaban J connectivity index is 1.39. The standard InChI is InChI=1S/C20H15N5S2/c1-2-6-14(7-3-1)12-26-13-18-22-23-20-25(18)24-19(27-20)17-11-10-15-8-4-5-9-16(15)21-17/h1-11H,12-13H2. The van der Waals surface area contributed by atoms with Gasteiger partial charge in [0.25, 0.3) is 0 Å². The second-order valence-electron chi connectivity index (χ2n) is 6.09. The molecule has 0 aliphatic carbocycles. The Bertz CT molecular complexity index is 1210.